The molecule has 0 saturated heterocycles. The number of benzene rings is 1. The fraction of sp³-hybridized carbons (Fsp3) is 0.300. The van der Waals surface area contributed by atoms with Gasteiger partial charge >= 0.3 is 0 Å². The molecular formula is C10H14N2O2S2. The number of nitrogens with two attached hydrogens (primary N) is 1. The number of hydrogen-bond donors (Lipinski definition) is 1. The highest BCUT2D eigenvalue weighted by Gasteiger charge is 2.15. The topological polar surface area (TPSA) is 63.4 Å². The van der Waals surface area contributed by atoms with Crippen LogP contribution in [0.5, 0.6) is 0 Å². The van der Waals surface area contributed by atoms with Gasteiger partial charge in [0.25, 0.3) is 0 Å². The van der Waals surface area contributed by atoms with Crippen molar-refractivity contribution in [2.24, 2.45) is 5.73 Å². The van der Waals surface area contributed by atoms with E-state index >= 15 is 0 Å². The van der Waals surface area contributed by atoms with Crippen molar-refractivity contribution >= 4 is 32.9 Å². The van der Waals surface area contributed by atoms with Crippen LogP contribution in [0.4, 0.5) is 5.69 Å². The lowest BCUT2D eigenvalue weighted by atomic mass is 10.2. The molecule has 6 heteroatoms. The summed E-state index contributed by atoms with van der Waals surface area (Å²) in [5.74, 6) is 0.0700. The van der Waals surface area contributed by atoms with Crippen LogP contribution in [0.2, 0.25) is 0 Å². The number of nitrogens with zero attached hydrogens (tertiary/aromatic N) is 1. The molecule has 0 atom stereocenters. The quantitative estimate of drug-likeness (QED) is 0.822. The molecule has 16 heavy (non-hydrogen) atoms. The van der Waals surface area contributed by atoms with E-state index in [9.17, 15) is 8.42 Å². The van der Waals surface area contributed by atoms with Crippen molar-refractivity contribution in [2.45, 2.75) is 6.92 Å². The molecule has 88 valence electrons. The van der Waals surface area contributed by atoms with Crippen LogP contribution in [0.25, 0.3) is 0 Å². The van der Waals surface area contributed by atoms with Crippen molar-refractivity contribution in [3.05, 3.63) is 29.8 Å². The van der Waals surface area contributed by atoms with Crippen LogP contribution in [0.3, 0.4) is 0 Å². The Hall–Kier alpha value is -1.14. The molecule has 1 aromatic carbocycles. The summed E-state index contributed by atoms with van der Waals surface area (Å²) in [5.41, 5.74) is 6.77. The number of rotatable bonds is 4. The zero-order chi connectivity index (χ0) is 12.3. The van der Waals surface area contributed by atoms with Crippen LogP contribution in [-0.4, -0.2) is 26.2 Å². The van der Waals surface area contributed by atoms with E-state index in [1.54, 1.807) is 31.2 Å². The van der Waals surface area contributed by atoms with Crippen LogP contribution in [0.1, 0.15) is 12.5 Å². The highest BCUT2D eigenvalue weighted by Crippen LogP contribution is 2.17. The number of anilines is 1. The van der Waals surface area contributed by atoms with E-state index in [0.717, 1.165) is 5.56 Å². The molecule has 0 fully saturated rings. The van der Waals surface area contributed by atoms with Crippen LogP contribution in [-0.2, 0) is 10.0 Å². The Morgan fingerprint density at radius 1 is 1.38 bits per heavy atom. The van der Waals surface area contributed by atoms with Crippen molar-refractivity contribution in [3.8, 4) is 0 Å². The summed E-state index contributed by atoms with van der Waals surface area (Å²) in [5, 5.41) is 0. The minimum Gasteiger partial charge on any atom is -0.389 e. The van der Waals surface area contributed by atoms with Gasteiger partial charge in [0, 0.05) is 12.6 Å². The van der Waals surface area contributed by atoms with Gasteiger partial charge in [-0.05, 0) is 31.2 Å². The Kier molecular flexibility index (Phi) is 3.88. The molecule has 0 amide bonds. The van der Waals surface area contributed by atoms with E-state index < -0.39 is 10.0 Å². The molecule has 0 aromatic heterocycles. The van der Waals surface area contributed by atoms with Crippen LogP contribution in [0.15, 0.2) is 24.3 Å². The Morgan fingerprint density at radius 3 is 2.25 bits per heavy atom. The number of thiocarbonyl (C=S) groups is 1. The lowest BCUT2D eigenvalue weighted by molar-refractivity contribution is 0.595. The van der Waals surface area contributed by atoms with E-state index in [-0.39, 0.29) is 5.75 Å². The van der Waals surface area contributed by atoms with Crippen LogP contribution >= 0.6 is 12.2 Å². The maximum atomic E-state index is 11.6. The van der Waals surface area contributed by atoms with Gasteiger partial charge in [0.05, 0.1) is 11.4 Å². The van der Waals surface area contributed by atoms with Crippen LogP contribution < -0.4 is 10.0 Å². The first kappa shape index (κ1) is 12.9. The second kappa shape index (κ2) is 4.80. The third-order valence-electron chi connectivity index (χ3n) is 2.30. The van der Waals surface area contributed by atoms with E-state index in [1.165, 1.54) is 11.4 Å². The van der Waals surface area contributed by atoms with Gasteiger partial charge < -0.3 is 5.73 Å². The van der Waals surface area contributed by atoms with Gasteiger partial charge in [0.2, 0.25) is 10.0 Å². The van der Waals surface area contributed by atoms with E-state index in [0.29, 0.717) is 10.7 Å². The summed E-state index contributed by atoms with van der Waals surface area (Å²) in [6.07, 6.45) is 0. The van der Waals surface area contributed by atoms with Gasteiger partial charge in [-0.3, -0.25) is 4.31 Å². The average Bonchev–Trinajstić information content (AvgIpc) is 2.28. The first-order chi connectivity index (χ1) is 7.38. The predicted molar refractivity (Wildman–Crippen MR) is 70.2 cm³/mol. The molecule has 0 aliphatic carbocycles. The average molecular weight is 258 g/mol. The van der Waals surface area contributed by atoms with Gasteiger partial charge in [-0.1, -0.05) is 12.2 Å². The molecule has 0 heterocycles. The molecular weight excluding hydrogens is 244 g/mol. The molecule has 0 radical (unpaired) electrons. The molecule has 0 bridgehead atoms. The molecule has 1 aromatic rings. The number of hydrogen-bond acceptors (Lipinski definition) is 3. The third-order valence-corrected chi connectivity index (χ3v) is 4.31. The number of sulfonamides is 1. The highest BCUT2D eigenvalue weighted by atomic mass is 32.2. The normalized spacial score (nSPS) is 11.1. The summed E-state index contributed by atoms with van der Waals surface area (Å²) in [7, 11) is -1.69. The molecule has 2 N–H and O–H groups in total. The molecule has 0 spiro atoms. The van der Waals surface area contributed by atoms with Gasteiger partial charge in [-0.25, -0.2) is 8.42 Å². The van der Waals surface area contributed by atoms with Crippen molar-refractivity contribution in [3.63, 3.8) is 0 Å². The Morgan fingerprint density at radius 2 is 1.88 bits per heavy atom. The third kappa shape index (κ3) is 2.70. The predicted octanol–water partition coefficient (Wildman–Crippen LogP) is 1.11. The van der Waals surface area contributed by atoms with E-state index in [2.05, 4.69) is 0 Å². The maximum Gasteiger partial charge on any atom is 0.234 e. The Balaban J connectivity index is 3.03. The SMILES string of the molecule is CCS(=O)(=O)N(C)c1ccc(C(N)=S)cc1. The highest BCUT2D eigenvalue weighted by molar-refractivity contribution is 7.92. The van der Waals surface area contributed by atoms with E-state index in [4.69, 9.17) is 18.0 Å². The molecule has 0 aliphatic heterocycles. The van der Waals surface area contributed by atoms with Crippen molar-refractivity contribution < 1.29 is 8.42 Å². The standard InChI is InChI=1S/C10H14N2O2S2/c1-3-16(13,14)12(2)9-6-4-8(5-7-9)10(11)15/h4-7H,3H2,1-2H3,(H2,11,15). The minimum atomic E-state index is -3.22. The molecule has 1 rings (SSSR count). The van der Waals surface area contributed by atoms with Gasteiger partial charge in [-0.15, -0.1) is 0 Å². The van der Waals surface area contributed by atoms with E-state index in [1.807, 2.05) is 0 Å². The van der Waals surface area contributed by atoms with Gasteiger partial charge in [-0.2, -0.15) is 0 Å². The molecule has 0 saturated carbocycles. The second-order valence-electron chi connectivity index (χ2n) is 3.28. The largest absolute Gasteiger partial charge is 0.389 e. The summed E-state index contributed by atoms with van der Waals surface area (Å²) >= 11 is 4.81. The maximum absolute atomic E-state index is 11.6. The van der Waals surface area contributed by atoms with Gasteiger partial charge in [0.1, 0.15) is 4.99 Å². The molecule has 0 unspecified atom stereocenters. The Bertz CT molecular complexity index is 480. The first-order valence-corrected chi connectivity index (χ1v) is 6.76. The summed E-state index contributed by atoms with van der Waals surface area (Å²) < 4.78 is 24.4. The lowest BCUT2D eigenvalue weighted by Crippen LogP contribution is -2.27. The van der Waals surface area contributed by atoms with Crippen LogP contribution in [0, 0.1) is 0 Å². The molecule has 4 nitrogen and oxygen atoms in total. The second-order valence-corrected chi connectivity index (χ2v) is 6.01. The van der Waals surface area contributed by atoms with Gasteiger partial charge in [0.15, 0.2) is 0 Å². The van der Waals surface area contributed by atoms with Crippen molar-refractivity contribution in [1.29, 1.82) is 0 Å². The zero-order valence-electron chi connectivity index (χ0n) is 9.17. The fourth-order valence-electron chi connectivity index (χ4n) is 1.19. The summed E-state index contributed by atoms with van der Waals surface area (Å²) in [4.78, 5) is 0.299. The lowest BCUT2D eigenvalue weighted by Gasteiger charge is -2.18. The van der Waals surface area contributed by atoms with Crippen molar-refractivity contribution in [1.82, 2.24) is 0 Å². The Labute approximate surface area is 101 Å². The molecule has 0 aliphatic rings. The zero-order valence-corrected chi connectivity index (χ0v) is 10.8. The smallest absolute Gasteiger partial charge is 0.234 e. The van der Waals surface area contributed by atoms with Crippen molar-refractivity contribution in [2.75, 3.05) is 17.1 Å². The first-order valence-electron chi connectivity index (χ1n) is 4.75. The summed E-state index contributed by atoms with van der Waals surface area (Å²) in [6.45, 7) is 1.61. The fourth-order valence-corrected chi connectivity index (χ4v) is 2.16. The minimum absolute atomic E-state index is 0.0700. The summed E-state index contributed by atoms with van der Waals surface area (Å²) in [6, 6.07) is 6.78. The monoisotopic (exact) mass is 258 g/mol.